The Hall–Kier alpha value is -3.39. The predicted octanol–water partition coefficient (Wildman–Crippen LogP) is 6.56. The number of methoxy groups -OCH3 is 2. The van der Waals surface area contributed by atoms with Gasteiger partial charge in [0.1, 0.15) is 22.3 Å². The van der Waals surface area contributed by atoms with Crippen LogP contribution in [0.25, 0.3) is 0 Å². The molecule has 0 saturated heterocycles. The second-order valence-electron chi connectivity index (χ2n) is 10.00. The smallest absolute Gasteiger partial charge is 0.259 e. The maximum Gasteiger partial charge on any atom is 0.259 e. The van der Waals surface area contributed by atoms with E-state index in [0.29, 0.717) is 33.7 Å². The van der Waals surface area contributed by atoms with Crippen molar-refractivity contribution in [3.63, 3.8) is 0 Å². The van der Waals surface area contributed by atoms with E-state index in [1.807, 2.05) is 0 Å². The number of thiophene rings is 1. The van der Waals surface area contributed by atoms with Crippen LogP contribution in [-0.2, 0) is 12.8 Å². The average molecular weight is 511 g/mol. The topological polar surface area (TPSA) is 76.7 Å². The maximum atomic E-state index is 13.7. The van der Waals surface area contributed by atoms with Gasteiger partial charge in [-0.05, 0) is 66.5 Å². The molecule has 4 rings (SSSR count). The first-order chi connectivity index (χ1) is 17.1. The lowest BCUT2D eigenvalue weighted by molar-refractivity contribution is 0.102. The summed E-state index contributed by atoms with van der Waals surface area (Å²) in [4.78, 5) is 27.8. The molecule has 1 heterocycles. The van der Waals surface area contributed by atoms with Gasteiger partial charge in [-0.25, -0.2) is 4.39 Å². The monoisotopic (exact) mass is 510 g/mol. The first kappa shape index (κ1) is 25.7. The predicted molar refractivity (Wildman–Crippen MR) is 141 cm³/mol. The van der Waals surface area contributed by atoms with Crippen molar-refractivity contribution in [2.24, 2.45) is 11.3 Å². The van der Waals surface area contributed by atoms with Gasteiger partial charge >= 0.3 is 0 Å². The Morgan fingerprint density at radius 2 is 1.81 bits per heavy atom. The summed E-state index contributed by atoms with van der Waals surface area (Å²) in [5, 5.41) is 6.28. The summed E-state index contributed by atoms with van der Waals surface area (Å²) in [6.07, 6.45) is 2.52. The zero-order chi connectivity index (χ0) is 26.0. The fourth-order valence-electron chi connectivity index (χ4n) is 4.55. The number of amides is 2. The zero-order valence-corrected chi connectivity index (χ0v) is 22.0. The van der Waals surface area contributed by atoms with E-state index in [2.05, 4.69) is 31.4 Å². The number of benzene rings is 2. The van der Waals surface area contributed by atoms with Crippen molar-refractivity contribution < 1.29 is 23.5 Å². The molecule has 1 aliphatic rings. The lowest BCUT2D eigenvalue weighted by Crippen LogP contribution is -2.27. The Labute approximate surface area is 214 Å². The van der Waals surface area contributed by atoms with E-state index in [0.717, 1.165) is 29.7 Å². The molecule has 2 amide bonds. The normalized spacial score (nSPS) is 15.1. The number of rotatable bonds is 6. The van der Waals surface area contributed by atoms with Gasteiger partial charge in [0.25, 0.3) is 11.8 Å². The molecule has 2 N–H and O–H groups in total. The number of halogens is 1. The first-order valence-corrected chi connectivity index (χ1v) is 12.7. The van der Waals surface area contributed by atoms with E-state index in [4.69, 9.17) is 9.47 Å². The highest BCUT2D eigenvalue weighted by molar-refractivity contribution is 7.17. The Morgan fingerprint density at radius 1 is 1.03 bits per heavy atom. The zero-order valence-electron chi connectivity index (χ0n) is 21.2. The molecular weight excluding hydrogens is 479 g/mol. The summed E-state index contributed by atoms with van der Waals surface area (Å²) in [7, 11) is 3.08. The second kappa shape index (κ2) is 10.3. The Balaban J connectivity index is 1.72. The van der Waals surface area contributed by atoms with Gasteiger partial charge in [0.05, 0.1) is 25.5 Å². The van der Waals surface area contributed by atoms with Gasteiger partial charge in [0.15, 0.2) is 0 Å². The summed E-state index contributed by atoms with van der Waals surface area (Å²) >= 11 is 1.42. The number of ether oxygens (including phenoxy) is 2. The molecule has 36 heavy (non-hydrogen) atoms. The highest BCUT2D eigenvalue weighted by Crippen LogP contribution is 2.45. The lowest BCUT2D eigenvalue weighted by atomic mass is 9.72. The number of carbonyl (C=O) groups is 2. The minimum atomic E-state index is -0.496. The second-order valence-corrected chi connectivity index (χ2v) is 11.1. The van der Waals surface area contributed by atoms with E-state index >= 15 is 0 Å². The Bertz CT molecular complexity index is 1300. The SMILES string of the molecule is COc1ccc(OC)c(NC(=O)c2c(NC(=O)c3cccc(F)c3)sc3c2CC[C@H](C(C)(C)C)C3)c1. The number of anilines is 2. The van der Waals surface area contributed by atoms with Crippen molar-refractivity contribution in [2.75, 3.05) is 24.9 Å². The van der Waals surface area contributed by atoms with E-state index in [1.165, 1.54) is 36.6 Å². The van der Waals surface area contributed by atoms with Crippen molar-refractivity contribution in [3.05, 3.63) is 69.8 Å². The van der Waals surface area contributed by atoms with Crippen LogP contribution in [0.4, 0.5) is 15.1 Å². The van der Waals surface area contributed by atoms with Gasteiger partial charge in [-0.15, -0.1) is 11.3 Å². The standard InChI is InChI=1S/C28H31FN2O4S/c1-28(2,3)17-9-11-20-23(14-17)36-27(31-25(32)16-7-6-8-18(29)13-16)24(20)26(33)30-21-15-19(34-4)10-12-22(21)35-5/h6-8,10,12-13,15,17H,9,11,14H2,1-5H3,(H,30,33)(H,31,32)/t17-/m0/s1. The Morgan fingerprint density at radius 3 is 2.47 bits per heavy atom. The third-order valence-corrected chi connectivity index (χ3v) is 7.86. The number of nitrogens with one attached hydrogen (secondary N) is 2. The van der Waals surface area contributed by atoms with Crippen LogP contribution in [0.2, 0.25) is 0 Å². The van der Waals surface area contributed by atoms with Gasteiger partial charge in [-0.2, -0.15) is 0 Å². The van der Waals surface area contributed by atoms with Crippen LogP contribution in [-0.4, -0.2) is 26.0 Å². The van der Waals surface area contributed by atoms with Crippen LogP contribution >= 0.6 is 11.3 Å². The molecule has 0 unspecified atom stereocenters. The van der Waals surface area contributed by atoms with E-state index in [9.17, 15) is 14.0 Å². The van der Waals surface area contributed by atoms with Crippen LogP contribution < -0.4 is 20.1 Å². The Kier molecular flexibility index (Phi) is 7.36. The molecule has 6 nitrogen and oxygen atoms in total. The van der Waals surface area contributed by atoms with Crippen molar-refractivity contribution in [1.82, 2.24) is 0 Å². The number of carbonyl (C=O) groups excluding carboxylic acids is 2. The van der Waals surface area contributed by atoms with Crippen LogP contribution in [0.5, 0.6) is 11.5 Å². The summed E-state index contributed by atoms with van der Waals surface area (Å²) < 4.78 is 24.4. The number of hydrogen-bond donors (Lipinski definition) is 2. The van der Waals surface area contributed by atoms with Crippen LogP contribution in [0.3, 0.4) is 0 Å². The van der Waals surface area contributed by atoms with Crippen molar-refractivity contribution in [3.8, 4) is 11.5 Å². The summed E-state index contributed by atoms with van der Waals surface area (Å²) in [5.41, 5.74) is 2.18. The van der Waals surface area contributed by atoms with Crippen molar-refractivity contribution >= 4 is 33.8 Å². The minimum Gasteiger partial charge on any atom is -0.497 e. The highest BCUT2D eigenvalue weighted by Gasteiger charge is 2.34. The molecule has 8 heteroatoms. The summed E-state index contributed by atoms with van der Waals surface area (Å²) in [6, 6.07) is 10.7. The fraction of sp³-hybridized carbons (Fsp3) is 0.357. The van der Waals surface area contributed by atoms with E-state index < -0.39 is 11.7 Å². The molecule has 1 aliphatic carbocycles. The molecule has 0 fully saturated rings. The van der Waals surface area contributed by atoms with E-state index in [-0.39, 0.29) is 16.9 Å². The fourth-order valence-corrected chi connectivity index (χ4v) is 5.87. The third-order valence-electron chi connectivity index (χ3n) is 6.69. The molecule has 190 valence electrons. The molecule has 0 aliphatic heterocycles. The lowest BCUT2D eigenvalue weighted by Gasteiger charge is -2.33. The molecule has 1 aromatic heterocycles. The largest absolute Gasteiger partial charge is 0.497 e. The molecule has 0 saturated carbocycles. The van der Waals surface area contributed by atoms with E-state index in [1.54, 1.807) is 31.4 Å². The molecule has 2 aromatic carbocycles. The molecule has 0 radical (unpaired) electrons. The van der Waals surface area contributed by atoms with Crippen molar-refractivity contribution in [2.45, 2.75) is 40.0 Å². The van der Waals surface area contributed by atoms with Crippen LogP contribution in [0, 0.1) is 17.2 Å². The molecule has 3 aromatic rings. The minimum absolute atomic E-state index is 0.128. The maximum absolute atomic E-state index is 13.7. The molecule has 1 atom stereocenters. The van der Waals surface area contributed by atoms with Gasteiger partial charge in [0, 0.05) is 16.5 Å². The molecular formula is C28H31FN2O4S. The first-order valence-electron chi connectivity index (χ1n) is 11.9. The summed E-state index contributed by atoms with van der Waals surface area (Å²) in [6.45, 7) is 6.68. The van der Waals surface area contributed by atoms with Gasteiger partial charge < -0.3 is 20.1 Å². The van der Waals surface area contributed by atoms with Gasteiger partial charge in [0.2, 0.25) is 0 Å². The van der Waals surface area contributed by atoms with Crippen molar-refractivity contribution in [1.29, 1.82) is 0 Å². The average Bonchev–Trinajstić information content (AvgIpc) is 3.20. The van der Waals surface area contributed by atoms with Crippen LogP contribution in [0.1, 0.15) is 58.3 Å². The van der Waals surface area contributed by atoms with Gasteiger partial charge in [-0.1, -0.05) is 26.8 Å². The van der Waals surface area contributed by atoms with Crippen LogP contribution in [0.15, 0.2) is 42.5 Å². The quantitative estimate of drug-likeness (QED) is 0.394. The summed E-state index contributed by atoms with van der Waals surface area (Å²) in [5.74, 6) is 0.225. The molecule has 0 spiro atoms. The van der Waals surface area contributed by atoms with Gasteiger partial charge in [-0.3, -0.25) is 9.59 Å². The number of fused-ring (bicyclic) bond motifs is 1. The highest BCUT2D eigenvalue weighted by atomic mass is 32.1. The number of hydrogen-bond acceptors (Lipinski definition) is 5. The molecule has 0 bridgehead atoms. The third kappa shape index (κ3) is 5.38.